The second-order valence-electron chi connectivity index (χ2n) is 4.94. The van der Waals surface area contributed by atoms with Crippen molar-refractivity contribution in [1.29, 1.82) is 0 Å². The molecule has 17 heavy (non-hydrogen) atoms. The normalized spacial score (nSPS) is 15.5. The van der Waals surface area contributed by atoms with Crippen molar-refractivity contribution in [3.63, 3.8) is 0 Å². The minimum Gasteiger partial charge on any atom is -0.399 e. The van der Waals surface area contributed by atoms with Gasteiger partial charge in [-0.25, -0.2) is 0 Å². The summed E-state index contributed by atoms with van der Waals surface area (Å²) in [6.07, 6.45) is 2.06. The van der Waals surface area contributed by atoms with Crippen LogP contribution in [0.5, 0.6) is 0 Å². The van der Waals surface area contributed by atoms with Crippen LogP contribution in [0.1, 0.15) is 38.3 Å². The summed E-state index contributed by atoms with van der Waals surface area (Å²) < 4.78 is 0. The zero-order valence-corrected chi connectivity index (χ0v) is 11.6. The Labute approximate surface area is 105 Å². The van der Waals surface area contributed by atoms with Crippen LogP contribution >= 0.6 is 0 Å². The maximum absolute atomic E-state index is 4.90. The Hall–Kier alpha value is -1.31. The Kier molecular flexibility index (Phi) is 4.73. The number of benzene rings is 1. The summed E-state index contributed by atoms with van der Waals surface area (Å²) in [5.41, 5.74) is 3.79. The highest BCUT2D eigenvalue weighted by Gasteiger charge is 2.26. The molecule has 1 atom stereocenters. The molecule has 0 aliphatic rings. The topological polar surface area (TPSA) is 21.6 Å². The lowest BCUT2D eigenvalue weighted by molar-refractivity contribution is 0.206. The van der Waals surface area contributed by atoms with E-state index in [1.54, 1.807) is 7.11 Å². The molecule has 0 aliphatic carbocycles. The van der Waals surface area contributed by atoms with Gasteiger partial charge in [0.15, 0.2) is 0 Å². The van der Waals surface area contributed by atoms with Crippen molar-refractivity contribution in [2.45, 2.75) is 40.5 Å². The van der Waals surface area contributed by atoms with Crippen LogP contribution in [0.4, 0.5) is 0 Å². The monoisotopic (exact) mass is 233 g/mol. The van der Waals surface area contributed by atoms with Crippen molar-refractivity contribution >= 4 is 5.71 Å². The minimum absolute atomic E-state index is 0.0747. The van der Waals surface area contributed by atoms with Crippen LogP contribution in [-0.4, -0.2) is 12.8 Å². The third-order valence-electron chi connectivity index (χ3n) is 3.60. The third kappa shape index (κ3) is 3.58. The van der Waals surface area contributed by atoms with Gasteiger partial charge in [0.1, 0.15) is 7.11 Å². The number of rotatable bonds is 5. The molecular formula is C15H23NO. The summed E-state index contributed by atoms with van der Waals surface area (Å²) >= 11 is 0. The van der Waals surface area contributed by atoms with E-state index in [0.29, 0.717) is 0 Å². The first-order chi connectivity index (χ1) is 8.01. The van der Waals surface area contributed by atoms with E-state index in [9.17, 15) is 0 Å². The van der Waals surface area contributed by atoms with Crippen molar-refractivity contribution in [2.75, 3.05) is 7.11 Å². The van der Waals surface area contributed by atoms with Crippen LogP contribution in [0.25, 0.3) is 0 Å². The average Bonchev–Trinajstić information content (AvgIpc) is 2.32. The lowest BCUT2D eigenvalue weighted by Crippen LogP contribution is -2.27. The summed E-state index contributed by atoms with van der Waals surface area (Å²) in [5.74, 6) is 0. The van der Waals surface area contributed by atoms with Crippen LogP contribution < -0.4 is 0 Å². The highest BCUT2D eigenvalue weighted by molar-refractivity contribution is 5.87. The summed E-state index contributed by atoms with van der Waals surface area (Å²) in [6.45, 7) is 8.59. The van der Waals surface area contributed by atoms with Gasteiger partial charge in [0.2, 0.25) is 0 Å². The molecule has 2 heteroatoms. The van der Waals surface area contributed by atoms with Crippen LogP contribution in [0, 0.1) is 12.3 Å². The second kappa shape index (κ2) is 5.85. The van der Waals surface area contributed by atoms with Gasteiger partial charge in [-0.1, -0.05) is 48.8 Å². The molecule has 94 valence electrons. The van der Waals surface area contributed by atoms with Gasteiger partial charge in [-0.05, 0) is 32.3 Å². The van der Waals surface area contributed by atoms with E-state index >= 15 is 0 Å². The highest BCUT2D eigenvalue weighted by atomic mass is 16.6. The lowest BCUT2D eigenvalue weighted by atomic mass is 9.77. The quantitative estimate of drug-likeness (QED) is 0.557. The summed E-state index contributed by atoms with van der Waals surface area (Å²) in [4.78, 5) is 4.90. The Bertz CT molecular complexity index is 380. The lowest BCUT2D eigenvalue weighted by Gasteiger charge is -2.27. The molecule has 0 radical (unpaired) electrons. The fourth-order valence-electron chi connectivity index (χ4n) is 1.91. The first-order valence-electron chi connectivity index (χ1n) is 6.15. The van der Waals surface area contributed by atoms with E-state index < -0.39 is 0 Å². The van der Waals surface area contributed by atoms with Crippen LogP contribution in [0.2, 0.25) is 0 Å². The fraction of sp³-hybridized carbons (Fsp3) is 0.533. The van der Waals surface area contributed by atoms with Crippen molar-refractivity contribution in [2.24, 2.45) is 10.6 Å². The Morgan fingerprint density at radius 1 is 1.29 bits per heavy atom. The van der Waals surface area contributed by atoms with E-state index in [1.807, 2.05) is 6.92 Å². The molecule has 0 aromatic heterocycles. The molecule has 0 heterocycles. The number of nitrogens with zero attached hydrogens (tertiary/aromatic N) is 1. The molecule has 0 N–H and O–H groups in total. The van der Waals surface area contributed by atoms with E-state index in [2.05, 4.69) is 50.2 Å². The molecule has 0 amide bonds. The summed E-state index contributed by atoms with van der Waals surface area (Å²) in [7, 11) is 1.60. The molecule has 1 aromatic carbocycles. The standard InChI is InChI=1S/C15H23NO/c1-6-15(4,13(3)16-17-5)11-14-9-7-12(2)8-10-14/h7-10H,6,11H2,1-5H3/b16-13+. The van der Waals surface area contributed by atoms with Gasteiger partial charge in [0, 0.05) is 5.41 Å². The zero-order chi connectivity index (χ0) is 12.9. The Morgan fingerprint density at radius 3 is 2.35 bits per heavy atom. The summed E-state index contributed by atoms with van der Waals surface area (Å²) in [6, 6.07) is 8.72. The number of hydrogen-bond acceptors (Lipinski definition) is 2. The van der Waals surface area contributed by atoms with Crippen molar-refractivity contribution in [3.05, 3.63) is 35.4 Å². The molecule has 0 aliphatic heterocycles. The Morgan fingerprint density at radius 2 is 1.88 bits per heavy atom. The van der Waals surface area contributed by atoms with Gasteiger partial charge in [-0.15, -0.1) is 0 Å². The first-order valence-corrected chi connectivity index (χ1v) is 6.15. The van der Waals surface area contributed by atoms with Crippen molar-refractivity contribution in [3.8, 4) is 0 Å². The highest BCUT2D eigenvalue weighted by Crippen LogP contribution is 2.28. The van der Waals surface area contributed by atoms with E-state index in [-0.39, 0.29) is 5.41 Å². The van der Waals surface area contributed by atoms with E-state index in [4.69, 9.17) is 4.84 Å². The van der Waals surface area contributed by atoms with Gasteiger partial charge in [-0.2, -0.15) is 0 Å². The zero-order valence-electron chi connectivity index (χ0n) is 11.6. The molecule has 2 nitrogen and oxygen atoms in total. The second-order valence-corrected chi connectivity index (χ2v) is 4.94. The van der Waals surface area contributed by atoms with Gasteiger partial charge < -0.3 is 4.84 Å². The van der Waals surface area contributed by atoms with Crippen molar-refractivity contribution < 1.29 is 4.84 Å². The van der Waals surface area contributed by atoms with Crippen LogP contribution in [-0.2, 0) is 11.3 Å². The maximum Gasteiger partial charge on any atom is 0.106 e. The molecule has 1 rings (SSSR count). The van der Waals surface area contributed by atoms with E-state index in [0.717, 1.165) is 18.6 Å². The minimum atomic E-state index is 0.0747. The van der Waals surface area contributed by atoms with Gasteiger partial charge >= 0.3 is 0 Å². The molecule has 1 unspecified atom stereocenters. The molecule has 0 bridgehead atoms. The molecule has 1 aromatic rings. The molecular weight excluding hydrogens is 210 g/mol. The average molecular weight is 233 g/mol. The van der Waals surface area contributed by atoms with Gasteiger partial charge in [0.05, 0.1) is 5.71 Å². The maximum atomic E-state index is 4.90. The van der Waals surface area contributed by atoms with Gasteiger partial charge in [0.25, 0.3) is 0 Å². The Balaban J connectivity index is 2.89. The number of hydrogen-bond donors (Lipinski definition) is 0. The van der Waals surface area contributed by atoms with Gasteiger partial charge in [-0.3, -0.25) is 0 Å². The fourth-order valence-corrected chi connectivity index (χ4v) is 1.91. The predicted molar refractivity (Wildman–Crippen MR) is 73.4 cm³/mol. The molecule has 0 saturated carbocycles. The van der Waals surface area contributed by atoms with Crippen LogP contribution in [0.15, 0.2) is 29.4 Å². The largest absolute Gasteiger partial charge is 0.399 e. The van der Waals surface area contributed by atoms with E-state index in [1.165, 1.54) is 11.1 Å². The molecule has 0 spiro atoms. The van der Waals surface area contributed by atoms with Crippen LogP contribution in [0.3, 0.4) is 0 Å². The first kappa shape index (κ1) is 13.8. The predicted octanol–water partition coefficient (Wildman–Crippen LogP) is 3.98. The summed E-state index contributed by atoms with van der Waals surface area (Å²) in [5, 5.41) is 4.10. The van der Waals surface area contributed by atoms with Crippen molar-refractivity contribution in [1.82, 2.24) is 0 Å². The third-order valence-corrected chi connectivity index (χ3v) is 3.60. The SMILES string of the molecule is CCC(C)(Cc1ccc(C)cc1)/C(C)=N/OC. The molecule has 0 saturated heterocycles. The smallest absolute Gasteiger partial charge is 0.106 e. The number of aryl methyl sites for hydroxylation is 1. The molecule has 0 fully saturated rings. The number of oxime groups is 1.